The van der Waals surface area contributed by atoms with Crippen molar-refractivity contribution in [3.05, 3.63) is 35.4 Å². The number of nitrogens with one attached hydrogen (secondary N) is 1. The van der Waals surface area contributed by atoms with Crippen molar-refractivity contribution in [3.63, 3.8) is 0 Å². The Morgan fingerprint density at radius 3 is 2.78 bits per heavy atom. The lowest BCUT2D eigenvalue weighted by Gasteiger charge is -2.35. The van der Waals surface area contributed by atoms with E-state index in [9.17, 15) is 0 Å². The quantitative estimate of drug-likeness (QED) is 0.858. The highest BCUT2D eigenvalue weighted by Gasteiger charge is 2.23. The number of nitrogens with zero attached hydrogens (tertiary/aromatic N) is 1. The molecule has 2 aliphatic rings. The van der Waals surface area contributed by atoms with Crippen LogP contribution in [-0.2, 0) is 12.8 Å². The normalized spacial score (nSPS) is 28.9. The molecule has 98 valence electrons. The van der Waals surface area contributed by atoms with Gasteiger partial charge in [-0.1, -0.05) is 24.3 Å². The van der Waals surface area contributed by atoms with Crippen LogP contribution in [0.25, 0.3) is 0 Å². The first-order chi connectivity index (χ1) is 8.81. The smallest absolute Gasteiger partial charge is 0.0198 e. The highest BCUT2D eigenvalue weighted by Crippen LogP contribution is 2.22. The average Bonchev–Trinajstić information content (AvgIpc) is 2.39. The lowest BCUT2D eigenvalue weighted by Crippen LogP contribution is -2.49. The first-order valence-electron chi connectivity index (χ1n) is 7.32. The Kier molecular flexibility index (Phi) is 3.67. The molecule has 1 aromatic rings. The van der Waals surface area contributed by atoms with Gasteiger partial charge in [-0.05, 0) is 56.8 Å². The summed E-state index contributed by atoms with van der Waals surface area (Å²) >= 11 is 0. The summed E-state index contributed by atoms with van der Waals surface area (Å²) in [4.78, 5) is 2.46. The van der Waals surface area contributed by atoms with Crippen LogP contribution in [0.5, 0.6) is 0 Å². The zero-order chi connectivity index (χ0) is 12.4. The Labute approximate surface area is 110 Å². The first kappa shape index (κ1) is 12.2. The van der Waals surface area contributed by atoms with E-state index < -0.39 is 0 Å². The number of benzene rings is 1. The number of hydrogen-bond acceptors (Lipinski definition) is 2. The van der Waals surface area contributed by atoms with Gasteiger partial charge in [0, 0.05) is 18.6 Å². The van der Waals surface area contributed by atoms with Gasteiger partial charge in [0.1, 0.15) is 0 Å². The molecule has 3 rings (SSSR count). The number of fused-ring (bicyclic) bond motifs is 1. The third-order valence-electron chi connectivity index (χ3n) is 4.44. The maximum absolute atomic E-state index is 3.89. The predicted molar refractivity (Wildman–Crippen MR) is 75.9 cm³/mol. The average molecular weight is 244 g/mol. The summed E-state index contributed by atoms with van der Waals surface area (Å²) in [5, 5.41) is 3.89. The van der Waals surface area contributed by atoms with Crippen molar-refractivity contribution in [2.45, 2.75) is 44.2 Å². The third kappa shape index (κ3) is 2.76. The molecule has 1 aliphatic heterocycles. The van der Waals surface area contributed by atoms with Crippen molar-refractivity contribution >= 4 is 0 Å². The minimum atomic E-state index is 0.691. The van der Waals surface area contributed by atoms with Gasteiger partial charge in [-0.25, -0.2) is 0 Å². The Hall–Kier alpha value is -0.860. The molecule has 0 bridgehead atoms. The van der Waals surface area contributed by atoms with Crippen LogP contribution in [0, 0.1) is 0 Å². The van der Waals surface area contributed by atoms with Crippen LogP contribution in [0.2, 0.25) is 0 Å². The second-order valence-electron chi connectivity index (χ2n) is 5.98. The van der Waals surface area contributed by atoms with Gasteiger partial charge in [0.2, 0.25) is 0 Å². The van der Waals surface area contributed by atoms with E-state index in [1.54, 1.807) is 11.1 Å². The van der Waals surface area contributed by atoms with Gasteiger partial charge in [0.25, 0.3) is 0 Å². The van der Waals surface area contributed by atoms with Gasteiger partial charge in [-0.3, -0.25) is 0 Å². The van der Waals surface area contributed by atoms with Crippen LogP contribution < -0.4 is 5.32 Å². The molecule has 2 nitrogen and oxygen atoms in total. The second-order valence-corrected chi connectivity index (χ2v) is 5.98. The van der Waals surface area contributed by atoms with Crippen LogP contribution in [0.4, 0.5) is 0 Å². The Bertz CT molecular complexity index is 402. The molecule has 2 atom stereocenters. The Morgan fingerprint density at radius 2 is 1.94 bits per heavy atom. The van der Waals surface area contributed by atoms with Crippen molar-refractivity contribution in [2.75, 3.05) is 20.1 Å². The lowest BCUT2D eigenvalue weighted by molar-refractivity contribution is 0.212. The standard InChI is InChI=1S/C16H24N2/c1-18-10-4-7-16(12-18)17-15-9-8-13-5-2-3-6-14(13)11-15/h2-3,5-6,15-17H,4,7-12H2,1H3. The summed E-state index contributed by atoms with van der Waals surface area (Å²) in [6, 6.07) is 10.3. The summed E-state index contributed by atoms with van der Waals surface area (Å²) in [6.07, 6.45) is 6.46. The van der Waals surface area contributed by atoms with Crippen molar-refractivity contribution in [3.8, 4) is 0 Å². The van der Waals surface area contributed by atoms with Crippen LogP contribution in [-0.4, -0.2) is 37.1 Å². The highest BCUT2D eigenvalue weighted by molar-refractivity contribution is 5.30. The number of likely N-dealkylation sites (N-methyl/N-ethyl adjacent to an activating group) is 1. The zero-order valence-electron chi connectivity index (χ0n) is 11.4. The molecule has 18 heavy (non-hydrogen) atoms. The maximum atomic E-state index is 3.89. The fraction of sp³-hybridized carbons (Fsp3) is 0.625. The highest BCUT2D eigenvalue weighted by atomic mass is 15.1. The molecule has 0 saturated carbocycles. The molecule has 1 heterocycles. The van der Waals surface area contributed by atoms with E-state index in [2.05, 4.69) is 41.5 Å². The van der Waals surface area contributed by atoms with Crippen LogP contribution in [0.15, 0.2) is 24.3 Å². The zero-order valence-corrected chi connectivity index (χ0v) is 11.4. The van der Waals surface area contributed by atoms with E-state index in [0.29, 0.717) is 12.1 Å². The van der Waals surface area contributed by atoms with E-state index in [4.69, 9.17) is 0 Å². The molecule has 1 saturated heterocycles. The molecular weight excluding hydrogens is 220 g/mol. The van der Waals surface area contributed by atoms with Gasteiger partial charge in [-0.15, -0.1) is 0 Å². The molecule has 0 spiro atoms. The van der Waals surface area contributed by atoms with Crippen molar-refractivity contribution in [1.29, 1.82) is 0 Å². The topological polar surface area (TPSA) is 15.3 Å². The second kappa shape index (κ2) is 5.41. The van der Waals surface area contributed by atoms with Gasteiger partial charge < -0.3 is 10.2 Å². The molecule has 0 aromatic heterocycles. The molecule has 0 radical (unpaired) electrons. The monoisotopic (exact) mass is 244 g/mol. The summed E-state index contributed by atoms with van der Waals surface area (Å²) in [5.74, 6) is 0. The lowest BCUT2D eigenvalue weighted by atomic mass is 9.87. The Balaban J connectivity index is 1.59. The van der Waals surface area contributed by atoms with Gasteiger partial charge in [0.05, 0.1) is 0 Å². The fourth-order valence-corrected chi connectivity index (χ4v) is 3.48. The number of rotatable bonds is 2. The van der Waals surface area contributed by atoms with E-state index in [-0.39, 0.29) is 0 Å². The summed E-state index contributed by atoms with van der Waals surface area (Å²) in [5.41, 5.74) is 3.13. The molecule has 1 fully saturated rings. The minimum Gasteiger partial charge on any atom is -0.310 e. The first-order valence-corrected chi connectivity index (χ1v) is 7.32. The SMILES string of the molecule is CN1CCCC(NC2CCc3ccccc3C2)C1. The van der Waals surface area contributed by atoms with Gasteiger partial charge in [-0.2, -0.15) is 0 Å². The Morgan fingerprint density at radius 1 is 1.11 bits per heavy atom. The molecule has 1 aromatic carbocycles. The number of piperidine rings is 1. The van der Waals surface area contributed by atoms with Crippen molar-refractivity contribution < 1.29 is 0 Å². The number of likely N-dealkylation sites (tertiary alicyclic amines) is 1. The molecular formula is C16H24N2. The van der Waals surface area contributed by atoms with Gasteiger partial charge in [0.15, 0.2) is 0 Å². The molecule has 1 N–H and O–H groups in total. The van der Waals surface area contributed by atoms with E-state index in [1.807, 2.05) is 0 Å². The van der Waals surface area contributed by atoms with Crippen molar-refractivity contribution in [2.24, 2.45) is 0 Å². The molecule has 1 aliphatic carbocycles. The third-order valence-corrected chi connectivity index (χ3v) is 4.44. The predicted octanol–water partition coefficient (Wildman–Crippen LogP) is 2.23. The minimum absolute atomic E-state index is 0.691. The van der Waals surface area contributed by atoms with E-state index in [1.165, 1.54) is 45.2 Å². The summed E-state index contributed by atoms with van der Waals surface area (Å²) in [7, 11) is 2.24. The van der Waals surface area contributed by atoms with Crippen LogP contribution >= 0.6 is 0 Å². The maximum Gasteiger partial charge on any atom is 0.0198 e. The molecule has 2 heteroatoms. The summed E-state index contributed by atoms with van der Waals surface area (Å²) < 4.78 is 0. The van der Waals surface area contributed by atoms with Crippen LogP contribution in [0.1, 0.15) is 30.4 Å². The number of aryl methyl sites for hydroxylation is 1. The van der Waals surface area contributed by atoms with E-state index in [0.717, 1.165) is 0 Å². The van der Waals surface area contributed by atoms with Crippen LogP contribution in [0.3, 0.4) is 0 Å². The largest absolute Gasteiger partial charge is 0.310 e. The molecule has 0 amide bonds. The summed E-state index contributed by atoms with van der Waals surface area (Å²) in [6.45, 7) is 2.49. The number of hydrogen-bond donors (Lipinski definition) is 1. The fourth-order valence-electron chi connectivity index (χ4n) is 3.48. The van der Waals surface area contributed by atoms with Gasteiger partial charge >= 0.3 is 0 Å². The van der Waals surface area contributed by atoms with Crippen molar-refractivity contribution in [1.82, 2.24) is 10.2 Å². The molecule has 2 unspecified atom stereocenters. The van der Waals surface area contributed by atoms with E-state index >= 15 is 0 Å².